The lowest BCUT2D eigenvalue weighted by Crippen LogP contribution is -2.50. The van der Waals surface area contributed by atoms with Crippen LogP contribution in [-0.4, -0.2) is 59.3 Å². The van der Waals surface area contributed by atoms with E-state index in [2.05, 4.69) is 10.3 Å². The smallest absolute Gasteiger partial charge is 0.266 e. The van der Waals surface area contributed by atoms with Gasteiger partial charge in [-0.25, -0.2) is 4.39 Å². The van der Waals surface area contributed by atoms with Crippen LogP contribution in [0.5, 0.6) is 0 Å². The van der Waals surface area contributed by atoms with Crippen molar-refractivity contribution in [1.29, 1.82) is 5.26 Å². The van der Waals surface area contributed by atoms with Crippen LogP contribution in [0.3, 0.4) is 0 Å². The molecule has 0 radical (unpaired) electrons. The Labute approximate surface area is 185 Å². The van der Waals surface area contributed by atoms with Crippen molar-refractivity contribution < 1.29 is 14.0 Å². The van der Waals surface area contributed by atoms with Crippen LogP contribution in [0.2, 0.25) is 0 Å². The summed E-state index contributed by atoms with van der Waals surface area (Å²) in [5, 5.41) is 11.9. The number of hydrogen-bond donors (Lipinski definition) is 2. The zero-order chi connectivity index (χ0) is 23.3. The van der Waals surface area contributed by atoms with Gasteiger partial charge in [-0.3, -0.25) is 19.3 Å². The van der Waals surface area contributed by atoms with E-state index in [1.54, 1.807) is 24.8 Å². The molecule has 9 heteroatoms. The molecule has 0 bridgehead atoms. The van der Waals surface area contributed by atoms with Crippen LogP contribution in [-0.2, 0) is 16.0 Å². The number of aromatic amines is 1. The topological polar surface area (TPSA) is 109 Å². The van der Waals surface area contributed by atoms with E-state index in [-0.39, 0.29) is 30.3 Å². The molecule has 0 saturated carbocycles. The lowest BCUT2D eigenvalue weighted by atomic mass is 9.99. The molecule has 2 heterocycles. The number of aromatic nitrogens is 1. The zero-order valence-electron chi connectivity index (χ0n) is 18.2. The zero-order valence-corrected chi connectivity index (χ0v) is 18.2. The lowest BCUT2D eigenvalue weighted by Gasteiger charge is -2.34. The molecule has 2 aromatic rings. The minimum absolute atomic E-state index is 0.00244. The number of pyridine rings is 1. The first-order valence-electron chi connectivity index (χ1n) is 10.5. The molecule has 2 N–H and O–H groups in total. The van der Waals surface area contributed by atoms with E-state index >= 15 is 0 Å². The molecular formula is C23H26FN5O3. The number of amides is 2. The van der Waals surface area contributed by atoms with Crippen LogP contribution >= 0.6 is 0 Å². The van der Waals surface area contributed by atoms with Gasteiger partial charge in [0.1, 0.15) is 17.4 Å². The van der Waals surface area contributed by atoms with Crippen molar-refractivity contribution in [2.75, 3.05) is 38.0 Å². The molecule has 0 atom stereocenters. The minimum atomic E-state index is -0.411. The lowest BCUT2D eigenvalue weighted by molar-refractivity contribution is -0.133. The molecule has 0 aliphatic carbocycles. The van der Waals surface area contributed by atoms with Gasteiger partial charge in [-0.05, 0) is 49.6 Å². The van der Waals surface area contributed by atoms with Gasteiger partial charge in [0.25, 0.3) is 5.56 Å². The van der Waals surface area contributed by atoms with Gasteiger partial charge in [0.15, 0.2) is 0 Å². The first-order valence-corrected chi connectivity index (χ1v) is 10.5. The van der Waals surface area contributed by atoms with Crippen molar-refractivity contribution in [3.05, 3.63) is 62.8 Å². The third-order valence-corrected chi connectivity index (χ3v) is 5.71. The molecule has 1 saturated heterocycles. The Hall–Kier alpha value is -3.51. The van der Waals surface area contributed by atoms with Crippen molar-refractivity contribution in [1.82, 2.24) is 14.8 Å². The largest absolute Gasteiger partial charge is 0.340 e. The highest BCUT2D eigenvalue weighted by Crippen LogP contribution is 2.16. The first kappa shape index (κ1) is 23.2. The number of halogens is 1. The molecule has 0 spiro atoms. The van der Waals surface area contributed by atoms with Crippen molar-refractivity contribution >= 4 is 17.5 Å². The highest BCUT2D eigenvalue weighted by atomic mass is 19.1. The number of nitriles is 1. The summed E-state index contributed by atoms with van der Waals surface area (Å²) < 4.78 is 13.2. The number of rotatable bonds is 6. The van der Waals surface area contributed by atoms with Crippen LogP contribution in [0.25, 0.3) is 0 Å². The third-order valence-electron chi connectivity index (χ3n) is 5.71. The fraction of sp³-hybridized carbons (Fsp3) is 0.391. The Morgan fingerprint density at radius 2 is 1.94 bits per heavy atom. The fourth-order valence-electron chi connectivity index (χ4n) is 3.94. The Morgan fingerprint density at radius 1 is 1.22 bits per heavy atom. The fourth-order valence-corrected chi connectivity index (χ4v) is 3.94. The third kappa shape index (κ3) is 5.59. The summed E-state index contributed by atoms with van der Waals surface area (Å²) in [5.74, 6) is -0.643. The van der Waals surface area contributed by atoms with Crippen molar-refractivity contribution in [2.45, 2.75) is 26.7 Å². The summed E-state index contributed by atoms with van der Waals surface area (Å²) in [7, 11) is 0. The number of nitrogens with zero attached hydrogens (tertiary/aromatic N) is 3. The number of anilines is 1. The second kappa shape index (κ2) is 10.2. The van der Waals surface area contributed by atoms with Crippen molar-refractivity contribution in [3.63, 3.8) is 0 Å². The van der Waals surface area contributed by atoms with Gasteiger partial charge in [-0.15, -0.1) is 0 Å². The van der Waals surface area contributed by atoms with E-state index < -0.39 is 11.4 Å². The van der Waals surface area contributed by atoms with Gasteiger partial charge in [0, 0.05) is 44.0 Å². The summed E-state index contributed by atoms with van der Waals surface area (Å²) in [6, 6.07) is 7.66. The second-order valence-corrected chi connectivity index (χ2v) is 7.88. The molecule has 0 unspecified atom stereocenters. The second-order valence-electron chi connectivity index (χ2n) is 7.88. The number of aryl methyl sites for hydroxylation is 1. The summed E-state index contributed by atoms with van der Waals surface area (Å²) in [5.41, 5.74) is 2.21. The van der Waals surface area contributed by atoms with E-state index in [4.69, 9.17) is 0 Å². The van der Waals surface area contributed by atoms with E-state index in [1.807, 2.05) is 11.0 Å². The van der Waals surface area contributed by atoms with Gasteiger partial charge < -0.3 is 15.2 Å². The minimum Gasteiger partial charge on any atom is -0.340 e. The Morgan fingerprint density at radius 3 is 2.59 bits per heavy atom. The summed E-state index contributed by atoms with van der Waals surface area (Å²) in [6.07, 6.45) is 0.719. The van der Waals surface area contributed by atoms with Crippen molar-refractivity contribution in [2.24, 2.45) is 0 Å². The molecule has 1 fully saturated rings. The van der Waals surface area contributed by atoms with Gasteiger partial charge in [0.05, 0.1) is 6.54 Å². The number of carbonyl (C=O) groups is 2. The SMILES string of the molecule is Cc1[nH]c(=O)c(C#N)c(C)c1CCC(=O)N1CCN(CC(=O)Nc2cccc(F)c2)CC1. The van der Waals surface area contributed by atoms with Gasteiger partial charge in [-0.1, -0.05) is 6.07 Å². The molecule has 8 nitrogen and oxygen atoms in total. The molecule has 1 aromatic carbocycles. The van der Waals surface area contributed by atoms with Crippen molar-refractivity contribution in [3.8, 4) is 6.07 Å². The molecule has 3 rings (SSSR count). The maximum Gasteiger partial charge on any atom is 0.266 e. The highest BCUT2D eigenvalue weighted by Gasteiger charge is 2.23. The van der Waals surface area contributed by atoms with Gasteiger partial charge >= 0.3 is 0 Å². The molecule has 32 heavy (non-hydrogen) atoms. The first-order chi connectivity index (χ1) is 15.3. The number of benzene rings is 1. The predicted octanol–water partition coefficient (Wildman–Crippen LogP) is 1.72. The maximum absolute atomic E-state index is 13.2. The number of carbonyl (C=O) groups excluding carboxylic acids is 2. The van der Waals surface area contributed by atoms with E-state index in [1.165, 1.54) is 18.2 Å². The van der Waals surface area contributed by atoms with Crippen LogP contribution in [0.1, 0.15) is 28.8 Å². The van der Waals surface area contributed by atoms with Gasteiger partial charge in [0.2, 0.25) is 11.8 Å². The average Bonchev–Trinajstić information content (AvgIpc) is 2.74. The van der Waals surface area contributed by atoms with E-state index in [9.17, 15) is 24.0 Å². The highest BCUT2D eigenvalue weighted by molar-refractivity contribution is 5.92. The number of H-pyrrole nitrogens is 1. The quantitative estimate of drug-likeness (QED) is 0.712. The normalized spacial score (nSPS) is 14.1. The average molecular weight is 439 g/mol. The standard InChI is InChI=1S/C23H26FN5O3/c1-15-19(16(2)26-23(32)20(15)13-25)6-7-22(31)29-10-8-28(9-11-29)14-21(30)27-18-5-3-4-17(24)12-18/h3-5,12H,6-11,14H2,1-2H3,(H,26,32)(H,27,30). The number of piperazine rings is 1. The number of nitrogens with one attached hydrogen (secondary N) is 2. The molecule has 1 aliphatic heterocycles. The Bertz CT molecular complexity index is 1110. The molecule has 1 aliphatic rings. The molecule has 168 valence electrons. The predicted molar refractivity (Wildman–Crippen MR) is 118 cm³/mol. The molecule has 1 aromatic heterocycles. The maximum atomic E-state index is 13.2. The Kier molecular flexibility index (Phi) is 7.38. The summed E-state index contributed by atoms with van der Waals surface area (Å²) in [4.78, 5) is 43.1. The van der Waals surface area contributed by atoms with Crippen LogP contribution < -0.4 is 10.9 Å². The summed E-state index contributed by atoms with van der Waals surface area (Å²) >= 11 is 0. The summed E-state index contributed by atoms with van der Waals surface area (Å²) in [6.45, 7) is 5.83. The van der Waals surface area contributed by atoms with Crippen LogP contribution in [0.15, 0.2) is 29.1 Å². The number of hydrogen-bond acceptors (Lipinski definition) is 5. The van der Waals surface area contributed by atoms with Crippen LogP contribution in [0.4, 0.5) is 10.1 Å². The van der Waals surface area contributed by atoms with E-state index in [0.29, 0.717) is 49.5 Å². The molecular weight excluding hydrogens is 413 g/mol. The monoisotopic (exact) mass is 439 g/mol. The molecule has 2 amide bonds. The van der Waals surface area contributed by atoms with Crippen LogP contribution in [0, 0.1) is 31.0 Å². The Balaban J connectivity index is 1.48. The van der Waals surface area contributed by atoms with E-state index in [0.717, 1.165) is 5.56 Å². The van der Waals surface area contributed by atoms with Gasteiger partial charge in [-0.2, -0.15) is 5.26 Å².